The number of halogens is 1. The first-order chi connectivity index (χ1) is 8.95. The number of aryl methyl sites for hydroxylation is 1. The number of thioether (sulfide) groups is 1. The normalized spacial score (nSPS) is 18.9. The fourth-order valence-corrected chi connectivity index (χ4v) is 2.60. The molecule has 7 heteroatoms. The number of aliphatic imine (C=N–C) groups is 1. The Morgan fingerprint density at radius 1 is 1.58 bits per heavy atom. The monoisotopic (exact) mass is 297 g/mol. The number of hydrogen-bond acceptors (Lipinski definition) is 4. The molecule has 1 unspecified atom stereocenters. The number of carbonyl (C=O) groups excluding carboxylic acids is 2. The predicted molar refractivity (Wildman–Crippen MR) is 77.4 cm³/mol. The van der Waals surface area contributed by atoms with Crippen molar-refractivity contribution >= 4 is 46.0 Å². The lowest BCUT2D eigenvalue weighted by Gasteiger charge is -2.18. The van der Waals surface area contributed by atoms with Crippen LogP contribution in [0.15, 0.2) is 23.2 Å². The van der Waals surface area contributed by atoms with E-state index in [1.54, 1.807) is 12.1 Å². The molecule has 3 N–H and O–H groups in total. The smallest absolute Gasteiger partial charge is 0.249 e. The molecule has 19 heavy (non-hydrogen) atoms. The molecule has 1 heterocycles. The summed E-state index contributed by atoms with van der Waals surface area (Å²) in [5.74, 6) is -0.658. The van der Waals surface area contributed by atoms with E-state index in [0.29, 0.717) is 10.7 Å². The van der Waals surface area contributed by atoms with Crippen molar-refractivity contribution in [3.63, 3.8) is 0 Å². The van der Waals surface area contributed by atoms with Crippen LogP contribution in [0.2, 0.25) is 5.02 Å². The van der Waals surface area contributed by atoms with E-state index in [2.05, 4.69) is 10.3 Å². The Morgan fingerprint density at radius 2 is 2.32 bits per heavy atom. The summed E-state index contributed by atoms with van der Waals surface area (Å²) >= 11 is 7.07. The molecule has 100 valence electrons. The van der Waals surface area contributed by atoms with Gasteiger partial charge in [-0.3, -0.25) is 9.59 Å². The van der Waals surface area contributed by atoms with Crippen LogP contribution < -0.4 is 11.1 Å². The summed E-state index contributed by atoms with van der Waals surface area (Å²) in [6.07, 6.45) is 0.0524. The summed E-state index contributed by atoms with van der Waals surface area (Å²) in [7, 11) is 0. The molecule has 0 aliphatic carbocycles. The zero-order valence-corrected chi connectivity index (χ0v) is 11.7. The maximum Gasteiger partial charge on any atom is 0.249 e. The fourth-order valence-electron chi connectivity index (χ4n) is 1.58. The lowest BCUT2D eigenvalue weighted by atomic mass is 10.2. The van der Waals surface area contributed by atoms with Gasteiger partial charge in [0.25, 0.3) is 0 Å². The Bertz CT molecular complexity index is 574. The van der Waals surface area contributed by atoms with Gasteiger partial charge in [-0.1, -0.05) is 29.4 Å². The van der Waals surface area contributed by atoms with Gasteiger partial charge in [0.05, 0.1) is 6.42 Å². The number of nitrogens with two attached hydrogens (primary N) is 1. The van der Waals surface area contributed by atoms with Crippen molar-refractivity contribution in [2.24, 2.45) is 10.7 Å². The summed E-state index contributed by atoms with van der Waals surface area (Å²) in [4.78, 5) is 26.8. The van der Waals surface area contributed by atoms with Gasteiger partial charge in [-0.25, -0.2) is 0 Å². The Morgan fingerprint density at radius 3 is 2.95 bits per heavy atom. The molecule has 1 aromatic rings. The highest BCUT2D eigenvalue weighted by molar-refractivity contribution is 8.15. The van der Waals surface area contributed by atoms with Crippen molar-refractivity contribution in [3.8, 4) is 0 Å². The number of nitrogens with one attached hydrogen (secondary N) is 1. The number of rotatable bonds is 2. The van der Waals surface area contributed by atoms with Crippen molar-refractivity contribution in [2.45, 2.75) is 18.6 Å². The molecule has 0 spiro atoms. The lowest BCUT2D eigenvalue weighted by molar-refractivity contribution is -0.121. The highest BCUT2D eigenvalue weighted by Gasteiger charge is 2.27. The van der Waals surface area contributed by atoms with E-state index in [0.717, 1.165) is 17.3 Å². The molecule has 2 rings (SSSR count). The Hall–Kier alpha value is -1.53. The summed E-state index contributed by atoms with van der Waals surface area (Å²) in [5, 5.41) is 2.86. The third-order valence-electron chi connectivity index (χ3n) is 2.59. The second kappa shape index (κ2) is 5.63. The van der Waals surface area contributed by atoms with Gasteiger partial charge in [-0.15, -0.1) is 0 Å². The maximum absolute atomic E-state index is 12.0. The minimum absolute atomic E-state index is 0.0524. The van der Waals surface area contributed by atoms with Crippen LogP contribution in [0.3, 0.4) is 0 Å². The summed E-state index contributed by atoms with van der Waals surface area (Å²) < 4.78 is 0. The number of amides is 2. The van der Waals surface area contributed by atoms with Crippen LogP contribution in [0.5, 0.6) is 0 Å². The first-order valence-corrected chi connectivity index (χ1v) is 6.82. The van der Waals surface area contributed by atoms with Gasteiger partial charge >= 0.3 is 0 Å². The van der Waals surface area contributed by atoms with Crippen molar-refractivity contribution < 1.29 is 9.59 Å². The fraction of sp³-hybridized carbons (Fsp3) is 0.250. The number of anilines is 1. The topological polar surface area (TPSA) is 84.5 Å². The molecular weight excluding hydrogens is 286 g/mol. The van der Waals surface area contributed by atoms with Crippen molar-refractivity contribution in [1.29, 1.82) is 0 Å². The molecule has 0 bridgehead atoms. The Balaban J connectivity index is 2.07. The second-order valence-corrected chi connectivity index (χ2v) is 5.74. The van der Waals surface area contributed by atoms with E-state index < -0.39 is 5.25 Å². The van der Waals surface area contributed by atoms with Gasteiger partial charge in [-0.05, 0) is 24.6 Å². The number of amidine groups is 1. The standard InChI is InChI=1S/C12H12ClN3O2S/c1-6-2-3-7(4-8(6)13)15-11(18)9-5-10(17)16-12(14)19-9/h2-4,9H,5H2,1H3,(H,15,18)(H2,14,16,17). The molecule has 0 saturated carbocycles. The molecule has 0 saturated heterocycles. The minimum atomic E-state index is -0.551. The molecule has 1 atom stereocenters. The minimum Gasteiger partial charge on any atom is -0.378 e. The van der Waals surface area contributed by atoms with Crippen LogP contribution in [-0.2, 0) is 9.59 Å². The molecule has 2 amide bonds. The molecule has 1 aliphatic rings. The van der Waals surface area contributed by atoms with Gasteiger partial charge in [0.2, 0.25) is 11.8 Å². The van der Waals surface area contributed by atoms with Gasteiger partial charge in [0.15, 0.2) is 5.17 Å². The lowest BCUT2D eigenvalue weighted by Crippen LogP contribution is -2.33. The molecule has 5 nitrogen and oxygen atoms in total. The van der Waals surface area contributed by atoms with Gasteiger partial charge < -0.3 is 11.1 Å². The molecule has 1 aliphatic heterocycles. The van der Waals surface area contributed by atoms with Gasteiger partial charge in [0.1, 0.15) is 5.25 Å². The van der Waals surface area contributed by atoms with Crippen molar-refractivity contribution in [2.75, 3.05) is 5.32 Å². The average Bonchev–Trinajstić information content (AvgIpc) is 2.32. The average molecular weight is 298 g/mol. The third kappa shape index (κ3) is 3.48. The first kappa shape index (κ1) is 13.9. The van der Waals surface area contributed by atoms with Crippen LogP contribution >= 0.6 is 23.4 Å². The SMILES string of the molecule is Cc1ccc(NC(=O)C2CC(=O)N=C(N)S2)cc1Cl. The summed E-state index contributed by atoms with van der Waals surface area (Å²) in [6.45, 7) is 1.88. The largest absolute Gasteiger partial charge is 0.378 e. The molecular formula is C12H12ClN3O2S. The third-order valence-corrected chi connectivity index (χ3v) is 3.99. The highest BCUT2D eigenvalue weighted by Crippen LogP contribution is 2.24. The van der Waals surface area contributed by atoms with Crippen LogP contribution in [0, 0.1) is 6.92 Å². The molecule has 0 radical (unpaired) electrons. The number of nitrogens with zero attached hydrogens (tertiary/aromatic N) is 1. The number of hydrogen-bond donors (Lipinski definition) is 2. The summed E-state index contributed by atoms with van der Waals surface area (Å²) in [6, 6.07) is 5.24. The number of carbonyl (C=O) groups is 2. The van der Waals surface area contributed by atoms with Crippen LogP contribution in [-0.4, -0.2) is 22.2 Å². The molecule has 0 fully saturated rings. The molecule has 1 aromatic carbocycles. The first-order valence-electron chi connectivity index (χ1n) is 5.56. The van der Waals surface area contributed by atoms with Gasteiger partial charge in [0, 0.05) is 10.7 Å². The quantitative estimate of drug-likeness (QED) is 0.873. The number of benzene rings is 1. The van der Waals surface area contributed by atoms with Crippen LogP contribution in [0.25, 0.3) is 0 Å². The predicted octanol–water partition coefficient (Wildman–Crippen LogP) is 1.93. The Labute approximate surface area is 119 Å². The maximum atomic E-state index is 12.0. The van der Waals surface area contributed by atoms with Crippen molar-refractivity contribution in [1.82, 2.24) is 0 Å². The van der Waals surface area contributed by atoms with Crippen LogP contribution in [0.1, 0.15) is 12.0 Å². The van der Waals surface area contributed by atoms with E-state index >= 15 is 0 Å². The molecule has 0 aromatic heterocycles. The van der Waals surface area contributed by atoms with E-state index in [1.165, 1.54) is 0 Å². The van der Waals surface area contributed by atoms with E-state index in [9.17, 15) is 9.59 Å². The zero-order valence-electron chi connectivity index (χ0n) is 10.1. The van der Waals surface area contributed by atoms with Crippen molar-refractivity contribution in [3.05, 3.63) is 28.8 Å². The van der Waals surface area contributed by atoms with E-state index in [4.69, 9.17) is 17.3 Å². The summed E-state index contributed by atoms with van der Waals surface area (Å²) in [5.41, 5.74) is 7.00. The second-order valence-electron chi connectivity index (χ2n) is 4.11. The van der Waals surface area contributed by atoms with E-state index in [-0.39, 0.29) is 23.4 Å². The Kier molecular flexibility index (Phi) is 4.11. The van der Waals surface area contributed by atoms with E-state index in [1.807, 2.05) is 13.0 Å². The van der Waals surface area contributed by atoms with Gasteiger partial charge in [-0.2, -0.15) is 4.99 Å². The zero-order chi connectivity index (χ0) is 14.0. The highest BCUT2D eigenvalue weighted by atomic mass is 35.5. The van der Waals surface area contributed by atoms with Crippen LogP contribution in [0.4, 0.5) is 5.69 Å².